The van der Waals surface area contributed by atoms with Crippen molar-refractivity contribution in [3.05, 3.63) is 27.7 Å². The average Bonchev–Trinajstić information content (AvgIpc) is 2.60. The van der Waals surface area contributed by atoms with Gasteiger partial charge in [0.2, 0.25) is 0 Å². The van der Waals surface area contributed by atoms with Crippen molar-refractivity contribution in [3.63, 3.8) is 0 Å². The third-order valence-electron chi connectivity index (χ3n) is 2.13. The van der Waals surface area contributed by atoms with Crippen molar-refractivity contribution in [2.24, 2.45) is 0 Å². The first-order valence-corrected chi connectivity index (χ1v) is 5.48. The van der Waals surface area contributed by atoms with Crippen molar-refractivity contribution < 1.29 is 4.42 Å². The molecule has 1 aromatic carbocycles. The number of halogens is 1. The second-order valence-electron chi connectivity index (χ2n) is 3.49. The number of nitrogens with two attached hydrogens (primary N) is 1. The van der Waals surface area contributed by atoms with E-state index in [1.165, 1.54) is 0 Å². The fourth-order valence-electron chi connectivity index (χ4n) is 1.43. The van der Waals surface area contributed by atoms with Crippen molar-refractivity contribution in [2.45, 2.75) is 13.8 Å². The lowest BCUT2D eigenvalue weighted by atomic mass is 10.1. The maximum Gasteiger partial charge on any atom is 0.321 e. The molecule has 0 fully saturated rings. The molecule has 0 amide bonds. The van der Waals surface area contributed by atoms with E-state index in [9.17, 15) is 0 Å². The molecule has 84 valence electrons. The molecule has 5 nitrogen and oxygen atoms in total. The van der Waals surface area contributed by atoms with Crippen LogP contribution in [0.5, 0.6) is 0 Å². The van der Waals surface area contributed by atoms with Gasteiger partial charge in [-0.15, -0.1) is 0 Å². The van der Waals surface area contributed by atoms with Gasteiger partial charge in [-0.3, -0.25) is 0 Å². The van der Waals surface area contributed by atoms with Gasteiger partial charge in [0.1, 0.15) is 0 Å². The lowest BCUT2D eigenvalue weighted by molar-refractivity contribution is 0.593. The molecule has 0 spiro atoms. The Labute approximate surface area is 101 Å². The zero-order valence-corrected chi connectivity index (χ0v) is 10.5. The summed E-state index contributed by atoms with van der Waals surface area (Å²) < 4.78 is 6.13. The first-order chi connectivity index (χ1) is 7.56. The molecule has 2 aromatic rings. The standard InChI is InChI=1S/C10H11BrN4O/c1-5-3-7(4-6(2)8(5)11)13-10-15-14-9(12)16-10/h3-4H,1-2H3,(H2,12,14)(H,13,15). The van der Waals surface area contributed by atoms with E-state index in [0.29, 0.717) is 6.01 Å². The van der Waals surface area contributed by atoms with E-state index in [-0.39, 0.29) is 6.01 Å². The third-order valence-corrected chi connectivity index (χ3v) is 3.38. The van der Waals surface area contributed by atoms with Crippen molar-refractivity contribution in [1.29, 1.82) is 0 Å². The molecule has 1 heterocycles. The summed E-state index contributed by atoms with van der Waals surface area (Å²) in [6.07, 6.45) is 0. The van der Waals surface area contributed by atoms with Crippen molar-refractivity contribution >= 4 is 33.6 Å². The van der Waals surface area contributed by atoms with E-state index in [4.69, 9.17) is 10.2 Å². The number of nitrogen functional groups attached to an aromatic ring is 1. The van der Waals surface area contributed by atoms with Gasteiger partial charge in [-0.05, 0) is 37.1 Å². The lowest BCUT2D eigenvalue weighted by Gasteiger charge is -2.07. The number of anilines is 3. The first kappa shape index (κ1) is 10.9. The molecule has 0 unspecified atom stereocenters. The van der Waals surface area contributed by atoms with Gasteiger partial charge in [-0.1, -0.05) is 26.1 Å². The number of benzene rings is 1. The van der Waals surface area contributed by atoms with Crippen LogP contribution < -0.4 is 11.1 Å². The Balaban J connectivity index is 2.28. The van der Waals surface area contributed by atoms with E-state index in [2.05, 4.69) is 31.4 Å². The normalized spacial score (nSPS) is 10.4. The van der Waals surface area contributed by atoms with E-state index in [1.807, 2.05) is 26.0 Å². The van der Waals surface area contributed by atoms with Gasteiger partial charge >= 0.3 is 12.0 Å². The van der Waals surface area contributed by atoms with Gasteiger partial charge in [-0.25, -0.2) is 0 Å². The molecule has 0 saturated carbocycles. The summed E-state index contributed by atoms with van der Waals surface area (Å²) in [5.74, 6) is 0. The summed E-state index contributed by atoms with van der Waals surface area (Å²) in [7, 11) is 0. The molecule has 0 atom stereocenters. The minimum absolute atomic E-state index is 0.0491. The zero-order chi connectivity index (χ0) is 11.7. The van der Waals surface area contributed by atoms with E-state index in [0.717, 1.165) is 21.3 Å². The monoisotopic (exact) mass is 282 g/mol. The Morgan fingerprint density at radius 3 is 2.38 bits per heavy atom. The Bertz CT molecular complexity index is 500. The second-order valence-corrected chi connectivity index (χ2v) is 4.29. The summed E-state index contributed by atoms with van der Waals surface area (Å²) >= 11 is 3.50. The molecule has 0 aliphatic carbocycles. The molecule has 3 N–H and O–H groups in total. The summed E-state index contributed by atoms with van der Waals surface area (Å²) in [5.41, 5.74) is 8.49. The molecule has 0 aliphatic heterocycles. The van der Waals surface area contributed by atoms with Crippen LogP contribution in [0.15, 0.2) is 21.0 Å². The fraction of sp³-hybridized carbons (Fsp3) is 0.200. The van der Waals surface area contributed by atoms with Crippen LogP contribution in [0.1, 0.15) is 11.1 Å². The highest BCUT2D eigenvalue weighted by Crippen LogP contribution is 2.26. The number of aromatic nitrogens is 2. The number of nitrogens with zero attached hydrogens (tertiary/aromatic N) is 2. The predicted octanol–water partition coefficient (Wildman–Crippen LogP) is 2.77. The fourth-order valence-corrected chi connectivity index (χ4v) is 1.66. The summed E-state index contributed by atoms with van der Waals surface area (Å²) in [5, 5.41) is 10.3. The van der Waals surface area contributed by atoms with Crippen molar-refractivity contribution in [3.8, 4) is 0 Å². The Hall–Kier alpha value is -1.56. The van der Waals surface area contributed by atoms with Crippen LogP contribution in [0, 0.1) is 13.8 Å². The number of hydrogen-bond acceptors (Lipinski definition) is 5. The molecule has 0 bridgehead atoms. The highest BCUT2D eigenvalue weighted by molar-refractivity contribution is 9.10. The Kier molecular flexibility index (Phi) is 2.82. The minimum atomic E-state index is 0.0491. The number of aryl methyl sites for hydroxylation is 2. The Morgan fingerprint density at radius 1 is 1.25 bits per heavy atom. The summed E-state index contributed by atoms with van der Waals surface area (Å²) in [6.45, 7) is 4.04. The Morgan fingerprint density at radius 2 is 1.88 bits per heavy atom. The minimum Gasteiger partial charge on any atom is -0.389 e. The van der Waals surface area contributed by atoms with Gasteiger partial charge in [0.05, 0.1) is 0 Å². The number of rotatable bonds is 2. The van der Waals surface area contributed by atoms with Gasteiger partial charge in [-0.2, -0.15) is 0 Å². The van der Waals surface area contributed by atoms with Crippen LogP contribution in [-0.2, 0) is 0 Å². The number of hydrogen-bond donors (Lipinski definition) is 2. The molecule has 2 rings (SSSR count). The van der Waals surface area contributed by atoms with Crippen LogP contribution in [-0.4, -0.2) is 10.2 Å². The maximum absolute atomic E-state index is 5.33. The topological polar surface area (TPSA) is 77.0 Å². The highest BCUT2D eigenvalue weighted by atomic mass is 79.9. The van der Waals surface area contributed by atoms with Crippen LogP contribution in [0.2, 0.25) is 0 Å². The van der Waals surface area contributed by atoms with Crippen LogP contribution in [0.4, 0.5) is 17.7 Å². The SMILES string of the molecule is Cc1cc(Nc2nnc(N)o2)cc(C)c1Br. The molecule has 16 heavy (non-hydrogen) atoms. The smallest absolute Gasteiger partial charge is 0.321 e. The van der Waals surface area contributed by atoms with Crippen molar-refractivity contribution in [2.75, 3.05) is 11.1 Å². The summed E-state index contributed by atoms with van der Waals surface area (Å²) in [6, 6.07) is 4.31. The zero-order valence-electron chi connectivity index (χ0n) is 8.91. The van der Waals surface area contributed by atoms with Crippen LogP contribution in [0.3, 0.4) is 0 Å². The van der Waals surface area contributed by atoms with E-state index < -0.39 is 0 Å². The largest absolute Gasteiger partial charge is 0.389 e. The molecule has 0 saturated heterocycles. The van der Waals surface area contributed by atoms with Gasteiger partial charge in [0.25, 0.3) is 0 Å². The molecule has 6 heteroatoms. The second kappa shape index (κ2) is 4.13. The van der Waals surface area contributed by atoms with Crippen molar-refractivity contribution in [1.82, 2.24) is 10.2 Å². The van der Waals surface area contributed by atoms with Gasteiger partial charge in [0.15, 0.2) is 0 Å². The van der Waals surface area contributed by atoms with Crippen LogP contribution in [0.25, 0.3) is 0 Å². The third kappa shape index (κ3) is 2.16. The van der Waals surface area contributed by atoms with E-state index >= 15 is 0 Å². The van der Waals surface area contributed by atoms with Gasteiger partial charge in [0, 0.05) is 10.2 Å². The molecule has 0 aliphatic rings. The predicted molar refractivity (Wildman–Crippen MR) is 65.6 cm³/mol. The molecule has 0 radical (unpaired) electrons. The van der Waals surface area contributed by atoms with Gasteiger partial charge < -0.3 is 15.5 Å². The molecular weight excluding hydrogens is 272 g/mol. The highest BCUT2D eigenvalue weighted by Gasteiger charge is 2.06. The lowest BCUT2D eigenvalue weighted by Crippen LogP contribution is -1.93. The number of nitrogens with one attached hydrogen (secondary N) is 1. The average molecular weight is 283 g/mol. The molecular formula is C10H11BrN4O. The van der Waals surface area contributed by atoms with E-state index in [1.54, 1.807) is 0 Å². The first-order valence-electron chi connectivity index (χ1n) is 4.69. The quantitative estimate of drug-likeness (QED) is 0.886. The van der Waals surface area contributed by atoms with Crippen LogP contribution >= 0.6 is 15.9 Å². The summed E-state index contributed by atoms with van der Waals surface area (Å²) in [4.78, 5) is 0. The molecule has 1 aromatic heterocycles. The maximum atomic E-state index is 5.33.